The molecule has 0 aromatic rings. The quantitative estimate of drug-likeness (QED) is 0.709. The van der Waals surface area contributed by atoms with Crippen molar-refractivity contribution in [3.8, 4) is 0 Å². The lowest BCUT2D eigenvalue weighted by molar-refractivity contribution is -0.228. The van der Waals surface area contributed by atoms with Gasteiger partial charge in [-0.1, -0.05) is 18.7 Å². The number of nitrogens with zero attached hydrogens (tertiary/aromatic N) is 1. The third kappa shape index (κ3) is 3.01. The molecule has 2 heterocycles. The first-order chi connectivity index (χ1) is 8.84. The molecule has 2 rings (SSSR count). The van der Waals surface area contributed by atoms with E-state index in [0.29, 0.717) is 18.6 Å². The highest BCUT2D eigenvalue weighted by Gasteiger charge is 2.55. The van der Waals surface area contributed by atoms with Crippen molar-refractivity contribution in [1.82, 2.24) is 5.32 Å². The van der Waals surface area contributed by atoms with E-state index in [9.17, 15) is 19.0 Å². The van der Waals surface area contributed by atoms with Crippen LogP contribution in [0.5, 0.6) is 0 Å². The van der Waals surface area contributed by atoms with E-state index in [4.69, 9.17) is 4.74 Å². The summed E-state index contributed by atoms with van der Waals surface area (Å²) in [4.78, 5) is 4.22. The maximum absolute atomic E-state index is 13.3. The van der Waals surface area contributed by atoms with Crippen LogP contribution in [0.3, 0.4) is 0 Å². The number of hydrogen-bond donors (Lipinski definition) is 3. The molecule has 3 N–H and O–H groups in total. The summed E-state index contributed by atoms with van der Waals surface area (Å²) in [6.45, 7) is 3.26. The van der Waals surface area contributed by atoms with Crippen LogP contribution in [0.1, 0.15) is 20.3 Å². The van der Waals surface area contributed by atoms with Gasteiger partial charge in [0.2, 0.25) is 0 Å². The molecule has 0 aromatic carbocycles. The van der Waals surface area contributed by atoms with Gasteiger partial charge in [-0.25, -0.2) is 8.78 Å². The summed E-state index contributed by atoms with van der Waals surface area (Å²) in [5.41, 5.74) is -0.662. The van der Waals surface area contributed by atoms with Gasteiger partial charge in [0.1, 0.15) is 17.6 Å². The molecule has 0 saturated carbocycles. The number of fused-ring (bicyclic) bond motifs is 1. The van der Waals surface area contributed by atoms with E-state index in [1.165, 1.54) is 11.8 Å². The summed E-state index contributed by atoms with van der Waals surface area (Å²) < 4.78 is 31.9. The fourth-order valence-corrected chi connectivity index (χ4v) is 3.26. The first-order valence-corrected chi connectivity index (χ1v) is 7.09. The lowest BCUT2D eigenvalue weighted by atomic mass is 9.95. The normalized spacial score (nSPS) is 41.2. The predicted molar refractivity (Wildman–Crippen MR) is 68.4 cm³/mol. The van der Waals surface area contributed by atoms with Gasteiger partial charge in [-0.05, 0) is 6.42 Å². The average molecular weight is 296 g/mol. The van der Waals surface area contributed by atoms with Gasteiger partial charge in [0.25, 0.3) is 5.92 Å². The second-order valence-corrected chi connectivity index (χ2v) is 5.92. The molecule has 0 aliphatic carbocycles. The molecule has 19 heavy (non-hydrogen) atoms. The lowest BCUT2D eigenvalue weighted by Crippen LogP contribution is -2.62. The van der Waals surface area contributed by atoms with Crippen molar-refractivity contribution in [3.05, 3.63) is 0 Å². The Hall–Kier alpha value is -0.440. The zero-order chi connectivity index (χ0) is 14.2. The number of alkyl halides is 2. The maximum Gasteiger partial charge on any atom is 0.273 e. The molecule has 0 bridgehead atoms. The molecule has 0 spiro atoms. The van der Waals surface area contributed by atoms with E-state index in [2.05, 4.69) is 10.3 Å². The molecule has 2 fully saturated rings. The van der Waals surface area contributed by atoms with Crippen molar-refractivity contribution in [2.45, 2.75) is 56.0 Å². The molecule has 2 aliphatic heterocycles. The van der Waals surface area contributed by atoms with Crippen LogP contribution in [0.15, 0.2) is 4.99 Å². The number of nitrogens with one attached hydrogen (secondary N) is 1. The Kier molecular flexibility index (Phi) is 4.34. The Bertz CT molecular complexity index is 364. The third-order valence-corrected chi connectivity index (χ3v) is 4.21. The molecular formula is C11H18F2N2O3S. The number of rotatable bonds is 3. The highest BCUT2D eigenvalue weighted by molar-refractivity contribution is 8.14. The van der Waals surface area contributed by atoms with Crippen molar-refractivity contribution >= 4 is 16.9 Å². The molecule has 0 radical (unpaired) electrons. The Morgan fingerprint density at radius 3 is 2.68 bits per heavy atom. The van der Waals surface area contributed by atoms with Gasteiger partial charge in [0.15, 0.2) is 11.3 Å². The first-order valence-electron chi connectivity index (χ1n) is 6.21. The van der Waals surface area contributed by atoms with E-state index in [1.54, 1.807) is 0 Å². The molecule has 5 atom stereocenters. The zero-order valence-electron chi connectivity index (χ0n) is 10.7. The van der Waals surface area contributed by atoms with E-state index < -0.39 is 35.7 Å². The average Bonchev–Trinajstić information content (AvgIpc) is 2.73. The summed E-state index contributed by atoms with van der Waals surface area (Å²) in [6, 6.07) is -0.616. The maximum atomic E-state index is 13.3. The number of aliphatic imine (C=N–C) groups is 1. The Balaban J connectivity index is 2.12. The van der Waals surface area contributed by atoms with E-state index in [0.717, 1.165) is 6.42 Å². The highest BCUT2D eigenvalue weighted by atomic mass is 32.2. The van der Waals surface area contributed by atoms with Gasteiger partial charge in [-0.2, -0.15) is 0 Å². The van der Waals surface area contributed by atoms with Crippen molar-refractivity contribution in [2.24, 2.45) is 4.99 Å². The first kappa shape index (κ1) is 15.0. The van der Waals surface area contributed by atoms with Crippen molar-refractivity contribution < 1.29 is 23.7 Å². The Morgan fingerprint density at radius 2 is 2.11 bits per heavy atom. The summed E-state index contributed by atoms with van der Waals surface area (Å²) in [7, 11) is 0. The number of ether oxygens (including phenoxy) is 1. The number of amidine groups is 1. The minimum Gasteiger partial charge on any atom is -0.388 e. The van der Waals surface area contributed by atoms with Gasteiger partial charge in [-0.3, -0.25) is 4.99 Å². The van der Waals surface area contributed by atoms with Crippen LogP contribution < -0.4 is 5.32 Å². The Labute approximate surface area is 114 Å². The monoisotopic (exact) mass is 296 g/mol. The number of aliphatic hydroxyl groups excluding tert-OH is 2. The molecule has 2 aliphatic rings. The van der Waals surface area contributed by atoms with Gasteiger partial charge in [0.05, 0.1) is 6.04 Å². The van der Waals surface area contributed by atoms with Crippen molar-refractivity contribution in [3.63, 3.8) is 0 Å². The van der Waals surface area contributed by atoms with Gasteiger partial charge < -0.3 is 20.3 Å². The molecule has 110 valence electrons. The second kappa shape index (κ2) is 5.51. The third-order valence-electron chi connectivity index (χ3n) is 3.10. The van der Waals surface area contributed by atoms with Crippen LogP contribution in [0.25, 0.3) is 0 Å². The molecule has 2 saturated heterocycles. The van der Waals surface area contributed by atoms with Crippen LogP contribution in [-0.4, -0.2) is 57.6 Å². The van der Waals surface area contributed by atoms with Crippen LogP contribution in [0.4, 0.5) is 8.78 Å². The van der Waals surface area contributed by atoms with E-state index in [1.807, 2.05) is 6.92 Å². The van der Waals surface area contributed by atoms with Crippen LogP contribution in [0, 0.1) is 0 Å². The van der Waals surface area contributed by atoms with Gasteiger partial charge in [0, 0.05) is 13.5 Å². The fourth-order valence-electron chi connectivity index (χ4n) is 2.12. The predicted octanol–water partition coefficient (Wildman–Crippen LogP) is 0.559. The SMILES string of the molecule is CCCN=C1N[C@H]2C(O[C@H](C(C)(F)F)[C@@H](O)[C@@H]2O)S1. The number of thioether (sulfide) groups is 1. The summed E-state index contributed by atoms with van der Waals surface area (Å²) in [5, 5.41) is 23.1. The summed E-state index contributed by atoms with van der Waals surface area (Å²) >= 11 is 1.17. The highest BCUT2D eigenvalue weighted by Crippen LogP contribution is 2.38. The number of aliphatic hydroxyl groups is 2. The van der Waals surface area contributed by atoms with Crippen molar-refractivity contribution in [2.75, 3.05) is 6.54 Å². The lowest BCUT2D eigenvalue weighted by Gasteiger charge is -2.40. The second-order valence-electron chi connectivity index (χ2n) is 4.84. The largest absolute Gasteiger partial charge is 0.388 e. The minimum absolute atomic E-state index is 0.558. The molecular weight excluding hydrogens is 278 g/mol. The van der Waals surface area contributed by atoms with Crippen LogP contribution >= 0.6 is 11.8 Å². The number of halogens is 2. The number of hydrogen-bond acceptors (Lipinski definition) is 5. The van der Waals surface area contributed by atoms with Crippen LogP contribution in [0.2, 0.25) is 0 Å². The molecule has 0 aromatic heterocycles. The summed E-state index contributed by atoms with van der Waals surface area (Å²) in [5.74, 6) is -3.21. The fraction of sp³-hybridized carbons (Fsp3) is 0.909. The molecule has 1 unspecified atom stereocenters. The molecule has 0 amide bonds. The zero-order valence-corrected chi connectivity index (χ0v) is 11.5. The van der Waals surface area contributed by atoms with Gasteiger partial charge >= 0.3 is 0 Å². The standard InChI is InChI=1S/C11H18F2N2O3S/c1-3-4-14-10-15-5-6(16)7(17)8(11(2,12)13)18-9(5)19-10/h5-9,16-17H,3-4H2,1-2H3,(H,14,15)/t5-,6-,7+,8+,9?/m1/s1. The van der Waals surface area contributed by atoms with Crippen LogP contribution in [-0.2, 0) is 4.74 Å². The van der Waals surface area contributed by atoms with E-state index in [-0.39, 0.29) is 0 Å². The molecule has 8 heteroatoms. The topological polar surface area (TPSA) is 74.1 Å². The van der Waals surface area contributed by atoms with Gasteiger partial charge in [-0.15, -0.1) is 0 Å². The summed E-state index contributed by atoms with van der Waals surface area (Å²) in [6.07, 6.45) is -3.78. The van der Waals surface area contributed by atoms with Crippen molar-refractivity contribution in [1.29, 1.82) is 0 Å². The smallest absolute Gasteiger partial charge is 0.273 e. The minimum atomic E-state index is -3.21. The Morgan fingerprint density at radius 1 is 1.42 bits per heavy atom. The molecule has 5 nitrogen and oxygen atoms in total. The van der Waals surface area contributed by atoms with E-state index >= 15 is 0 Å².